The third-order valence-corrected chi connectivity index (χ3v) is 2.07. The van der Waals surface area contributed by atoms with Crippen molar-refractivity contribution in [3.8, 4) is 0 Å². The Bertz CT molecular complexity index is 148. The van der Waals surface area contributed by atoms with Crippen LogP contribution in [0.4, 0.5) is 0 Å². The molecule has 0 amide bonds. The van der Waals surface area contributed by atoms with E-state index in [4.69, 9.17) is 9.84 Å². The van der Waals surface area contributed by atoms with Crippen molar-refractivity contribution in [1.29, 1.82) is 0 Å². The van der Waals surface area contributed by atoms with Crippen molar-refractivity contribution in [3.05, 3.63) is 0 Å². The Morgan fingerprint density at radius 1 is 1.36 bits per heavy atom. The van der Waals surface area contributed by atoms with Crippen molar-refractivity contribution >= 4 is 5.97 Å². The molecule has 1 rings (SSSR count). The van der Waals surface area contributed by atoms with Gasteiger partial charge < -0.3 is 15.2 Å². The lowest BCUT2D eigenvalue weighted by Gasteiger charge is -2.13. The summed E-state index contributed by atoms with van der Waals surface area (Å²) in [5.74, 6) is -0.639. The largest absolute Gasteiger partial charge is 0.480 e. The van der Waals surface area contributed by atoms with Gasteiger partial charge in [-0.05, 0) is 25.8 Å². The van der Waals surface area contributed by atoms with Gasteiger partial charge in [-0.1, -0.05) is 13.8 Å². The van der Waals surface area contributed by atoms with E-state index in [-0.39, 0.29) is 5.92 Å². The van der Waals surface area contributed by atoms with Gasteiger partial charge in [0.05, 0.1) is 0 Å². The van der Waals surface area contributed by atoms with Crippen LogP contribution in [0.2, 0.25) is 0 Å². The molecule has 1 fully saturated rings. The molecule has 1 aliphatic heterocycles. The molecular formula is C10H21NO3. The normalized spacial score (nSPS) is 17.4. The number of hydrogen-bond acceptors (Lipinski definition) is 3. The summed E-state index contributed by atoms with van der Waals surface area (Å²) in [4.78, 5) is 10.3. The molecule has 2 N–H and O–H groups in total. The lowest BCUT2D eigenvalue weighted by molar-refractivity contribution is -0.140. The molecule has 1 saturated heterocycles. The maximum absolute atomic E-state index is 10.3. The van der Waals surface area contributed by atoms with Crippen LogP contribution < -0.4 is 5.32 Å². The second kappa shape index (κ2) is 7.76. The molecule has 1 aliphatic rings. The van der Waals surface area contributed by atoms with Crippen molar-refractivity contribution in [2.45, 2.75) is 32.7 Å². The summed E-state index contributed by atoms with van der Waals surface area (Å²) in [7, 11) is 1.65. The second-order valence-corrected chi connectivity index (χ2v) is 3.67. The van der Waals surface area contributed by atoms with Crippen molar-refractivity contribution in [3.63, 3.8) is 0 Å². The first-order valence-electron chi connectivity index (χ1n) is 5.07. The van der Waals surface area contributed by atoms with Crippen LogP contribution in [0.1, 0.15) is 26.7 Å². The molecule has 0 radical (unpaired) electrons. The second-order valence-electron chi connectivity index (χ2n) is 3.67. The van der Waals surface area contributed by atoms with E-state index >= 15 is 0 Å². The number of hydrogen-bond donors (Lipinski definition) is 2. The first-order valence-corrected chi connectivity index (χ1v) is 5.07. The van der Waals surface area contributed by atoms with Crippen LogP contribution in [0.25, 0.3) is 0 Å². The lowest BCUT2D eigenvalue weighted by atomic mass is 10.1. The first-order chi connectivity index (χ1) is 6.59. The zero-order valence-electron chi connectivity index (χ0n) is 9.25. The molecule has 0 unspecified atom stereocenters. The number of nitrogens with one attached hydrogen (secondary N) is 1. The number of carbonyl (C=O) groups is 1. The molecule has 0 bridgehead atoms. The lowest BCUT2D eigenvalue weighted by Crippen LogP contribution is -2.38. The molecular weight excluding hydrogens is 182 g/mol. The Morgan fingerprint density at radius 3 is 1.93 bits per heavy atom. The summed E-state index contributed by atoms with van der Waals surface area (Å²) < 4.78 is 4.94. The molecule has 84 valence electrons. The molecule has 0 aromatic carbocycles. The van der Waals surface area contributed by atoms with Crippen LogP contribution in [0, 0.1) is 5.92 Å². The highest BCUT2D eigenvalue weighted by molar-refractivity contribution is 5.73. The van der Waals surface area contributed by atoms with E-state index in [0.717, 1.165) is 13.2 Å². The zero-order valence-corrected chi connectivity index (χ0v) is 9.25. The SMILES string of the molecule is C1CCOC1.CN[C@H](C(=O)O)C(C)C. The van der Waals surface area contributed by atoms with Gasteiger partial charge in [0.2, 0.25) is 0 Å². The van der Waals surface area contributed by atoms with Gasteiger partial charge in [0.15, 0.2) is 0 Å². The molecule has 0 saturated carbocycles. The molecule has 0 aliphatic carbocycles. The molecule has 0 aromatic rings. The Kier molecular flexibility index (Phi) is 7.42. The smallest absolute Gasteiger partial charge is 0.320 e. The van der Waals surface area contributed by atoms with Crippen LogP contribution in [0.3, 0.4) is 0 Å². The van der Waals surface area contributed by atoms with Crippen molar-refractivity contribution in [2.75, 3.05) is 20.3 Å². The minimum Gasteiger partial charge on any atom is -0.480 e. The highest BCUT2D eigenvalue weighted by atomic mass is 16.5. The highest BCUT2D eigenvalue weighted by Gasteiger charge is 2.17. The maximum atomic E-state index is 10.3. The molecule has 0 aromatic heterocycles. The van der Waals surface area contributed by atoms with Gasteiger partial charge in [0.1, 0.15) is 6.04 Å². The summed E-state index contributed by atoms with van der Waals surface area (Å²) in [6.45, 7) is 5.74. The summed E-state index contributed by atoms with van der Waals surface area (Å²) in [5, 5.41) is 11.2. The van der Waals surface area contributed by atoms with E-state index < -0.39 is 12.0 Å². The number of likely N-dealkylation sites (N-methyl/N-ethyl adjacent to an activating group) is 1. The van der Waals surface area contributed by atoms with Crippen LogP contribution >= 0.6 is 0 Å². The number of ether oxygens (including phenoxy) is 1. The molecule has 0 spiro atoms. The molecule has 1 atom stereocenters. The van der Waals surface area contributed by atoms with E-state index in [1.165, 1.54) is 12.8 Å². The third-order valence-electron chi connectivity index (χ3n) is 2.07. The van der Waals surface area contributed by atoms with Gasteiger partial charge in [0.25, 0.3) is 0 Å². The molecule has 4 nitrogen and oxygen atoms in total. The molecule has 1 heterocycles. The fraction of sp³-hybridized carbons (Fsp3) is 0.900. The number of rotatable bonds is 3. The van der Waals surface area contributed by atoms with Crippen LogP contribution in [0.5, 0.6) is 0 Å². The predicted octanol–water partition coefficient (Wildman–Crippen LogP) is 1.11. The maximum Gasteiger partial charge on any atom is 0.320 e. The van der Waals surface area contributed by atoms with Gasteiger partial charge in [-0.2, -0.15) is 0 Å². The Hall–Kier alpha value is -0.610. The number of aliphatic carboxylic acids is 1. The average molecular weight is 203 g/mol. The summed E-state index contributed by atoms with van der Waals surface area (Å²) in [6.07, 6.45) is 2.56. The van der Waals surface area contributed by atoms with E-state index in [1.807, 2.05) is 13.8 Å². The molecule has 14 heavy (non-hydrogen) atoms. The fourth-order valence-electron chi connectivity index (χ4n) is 1.25. The van der Waals surface area contributed by atoms with E-state index in [2.05, 4.69) is 5.32 Å². The monoisotopic (exact) mass is 203 g/mol. The Balaban J connectivity index is 0.000000280. The van der Waals surface area contributed by atoms with Gasteiger partial charge in [-0.15, -0.1) is 0 Å². The Morgan fingerprint density at radius 2 is 1.86 bits per heavy atom. The highest BCUT2D eigenvalue weighted by Crippen LogP contribution is 1.99. The third kappa shape index (κ3) is 5.94. The van der Waals surface area contributed by atoms with Crippen molar-refractivity contribution in [2.24, 2.45) is 5.92 Å². The van der Waals surface area contributed by atoms with E-state index in [0.29, 0.717) is 0 Å². The van der Waals surface area contributed by atoms with Crippen LogP contribution in [0.15, 0.2) is 0 Å². The quantitative estimate of drug-likeness (QED) is 0.721. The summed E-state index contributed by atoms with van der Waals surface area (Å²) in [5.41, 5.74) is 0. The summed E-state index contributed by atoms with van der Waals surface area (Å²) >= 11 is 0. The van der Waals surface area contributed by atoms with E-state index in [1.54, 1.807) is 7.05 Å². The van der Waals surface area contributed by atoms with Crippen LogP contribution in [-0.2, 0) is 9.53 Å². The fourth-order valence-corrected chi connectivity index (χ4v) is 1.25. The van der Waals surface area contributed by atoms with Gasteiger partial charge >= 0.3 is 5.97 Å². The van der Waals surface area contributed by atoms with Gasteiger partial charge in [-0.3, -0.25) is 4.79 Å². The van der Waals surface area contributed by atoms with Crippen molar-refractivity contribution in [1.82, 2.24) is 5.32 Å². The van der Waals surface area contributed by atoms with E-state index in [9.17, 15) is 4.79 Å². The van der Waals surface area contributed by atoms with Gasteiger partial charge in [-0.25, -0.2) is 0 Å². The first kappa shape index (κ1) is 13.4. The average Bonchev–Trinajstić information content (AvgIpc) is 2.59. The standard InChI is InChI=1S/C6H13NO2.C4H8O/c1-4(2)5(7-3)6(8)9;1-2-4-5-3-1/h4-5,7H,1-3H3,(H,8,9);1-4H2/t5-;/m0./s1. The number of carboxylic acids is 1. The minimum absolute atomic E-state index is 0.146. The van der Waals surface area contributed by atoms with Gasteiger partial charge in [0, 0.05) is 13.2 Å². The summed E-state index contributed by atoms with van der Waals surface area (Å²) in [6, 6.07) is -0.412. The minimum atomic E-state index is -0.785. The zero-order chi connectivity index (χ0) is 11.0. The number of carboxylic acid groups (broad SMARTS) is 1. The van der Waals surface area contributed by atoms with Crippen molar-refractivity contribution < 1.29 is 14.6 Å². The Labute approximate surface area is 85.6 Å². The predicted molar refractivity (Wildman–Crippen MR) is 55.4 cm³/mol. The molecule has 4 heteroatoms. The van der Waals surface area contributed by atoms with Crippen LogP contribution in [-0.4, -0.2) is 37.4 Å². The topological polar surface area (TPSA) is 58.6 Å².